The van der Waals surface area contributed by atoms with Crippen LogP contribution in [0.3, 0.4) is 0 Å². The van der Waals surface area contributed by atoms with Gasteiger partial charge in [-0.1, -0.05) is 0 Å². The second-order valence-corrected chi connectivity index (χ2v) is 5.63. The summed E-state index contributed by atoms with van der Waals surface area (Å²) >= 11 is 0. The maximum Gasteiger partial charge on any atom is 0.309 e. The summed E-state index contributed by atoms with van der Waals surface area (Å²) in [6.07, 6.45) is 1.24. The number of aromatic nitrogens is 1. The zero-order chi connectivity index (χ0) is 15.6. The van der Waals surface area contributed by atoms with Gasteiger partial charge in [-0.3, -0.25) is 16.0 Å². The van der Waals surface area contributed by atoms with Gasteiger partial charge in [0, 0.05) is 6.07 Å². The topological polar surface area (TPSA) is 153 Å². The Hall–Kier alpha value is -2.66. The van der Waals surface area contributed by atoms with Gasteiger partial charge in [0.1, 0.15) is 6.26 Å². The van der Waals surface area contributed by atoms with Crippen LogP contribution < -0.4 is 16.0 Å². The van der Waals surface area contributed by atoms with E-state index in [1.54, 1.807) is 6.92 Å². The molecule has 0 fully saturated rings. The molecule has 0 unspecified atom stereocenters. The summed E-state index contributed by atoms with van der Waals surface area (Å²) in [6.45, 7) is 1.60. The zero-order valence-corrected chi connectivity index (χ0v) is 11.5. The lowest BCUT2D eigenvalue weighted by Gasteiger charge is -2.07. The molecule has 4 N–H and O–H groups in total. The molecule has 0 atom stereocenters. The maximum absolute atomic E-state index is 12.2. The summed E-state index contributed by atoms with van der Waals surface area (Å²) < 4.78 is 31.3. The summed E-state index contributed by atoms with van der Waals surface area (Å²) in [4.78, 5) is 13.4. The first-order chi connectivity index (χ1) is 9.83. The highest BCUT2D eigenvalue weighted by Gasteiger charge is 2.27. The van der Waals surface area contributed by atoms with Crippen molar-refractivity contribution in [2.45, 2.75) is 11.8 Å². The molecule has 0 aliphatic rings. The van der Waals surface area contributed by atoms with Crippen LogP contribution in [0.1, 0.15) is 5.69 Å². The van der Waals surface area contributed by atoms with E-state index in [2.05, 4.69) is 10.4 Å². The minimum atomic E-state index is -4.25. The van der Waals surface area contributed by atoms with Gasteiger partial charge in [-0.15, -0.1) is 0 Å². The Labute approximate surface area is 119 Å². The summed E-state index contributed by atoms with van der Waals surface area (Å²) in [7, 11) is -4.25. The van der Waals surface area contributed by atoms with Crippen molar-refractivity contribution in [3.05, 3.63) is 40.3 Å². The van der Waals surface area contributed by atoms with Gasteiger partial charge in [-0.25, -0.2) is 13.1 Å². The number of sulfonamides is 1. The number of rotatable bonds is 5. The highest BCUT2D eigenvalue weighted by molar-refractivity contribution is 7.92. The maximum atomic E-state index is 12.2. The van der Waals surface area contributed by atoms with E-state index in [0.29, 0.717) is 5.69 Å². The van der Waals surface area contributed by atoms with E-state index in [-0.39, 0.29) is 11.7 Å². The number of anilines is 2. The monoisotopic (exact) mass is 313 g/mol. The Morgan fingerprint density at radius 3 is 2.67 bits per heavy atom. The van der Waals surface area contributed by atoms with E-state index in [9.17, 15) is 18.5 Å². The molecule has 2 rings (SSSR count). The third-order valence-electron chi connectivity index (χ3n) is 2.45. The lowest BCUT2D eigenvalue weighted by Crippen LogP contribution is -2.16. The Kier molecular flexibility index (Phi) is 3.78. The average molecular weight is 313 g/mol. The van der Waals surface area contributed by atoms with E-state index >= 15 is 0 Å². The quantitative estimate of drug-likeness (QED) is 0.419. The molecule has 1 aromatic carbocycles. The molecule has 0 saturated heterocycles. The fourth-order valence-corrected chi connectivity index (χ4v) is 2.67. The number of hydrogen-bond donors (Lipinski definition) is 3. The number of nitrogens with two attached hydrogens (primary N) is 1. The number of oxazole rings is 1. The van der Waals surface area contributed by atoms with Crippen molar-refractivity contribution >= 4 is 27.4 Å². The van der Waals surface area contributed by atoms with Gasteiger partial charge < -0.3 is 9.84 Å². The highest BCUT2D eigenvalue weighted by atomic mass is 32.2. The van der Waals surface area contributed by atoms with Gasteiger partial charge in [-0.2, -0.15) is 4.98 Å². The van der Waals surface area contributed by atoms with Crippen molar-refractivity contribution in [2.75, 3.05) is 10.1 Å². The number of hydrazine groups is 1. The number of hydrogen-bond acceptors (Lipinski definition) is 8. The number of nitro benzene ring substituents is 1. The van der Waals surface area contributed by atoms with Crippen LogP contribution >= 0.6 is 0 Å². The standard InChI is InChI=1S/C10H11N5O5S/c1-6-5-20-10(12-6)14-21(18,19)9-4-7(13-11)2-3-8(9)15(16)17/h2-5,13H,11H2,1H3,(H,12,14). The molecule has 11 heteroatoms. The molecular formula is C10H11N5O5S. The Bertz CT molecular complexity index is 785. The first-order valence-electron chi connectivity index (χ1n) is 5.53. The fourth-order valence-electron chi connectivity index (χ4n) is 1.54. The molecule has 0 radical (unpaired) electrons. The van der Waals surface area contributed by atoms with Crippen molar-refractivity contribution in [3.8, 4) is 0 Å². The van der Waals surface area contributed by atoms with Gasteiger partial charge >= 0.3 is 6.01 Å². The number of nitrogens with zero attached hydrogens (tertiary/aromatic N) is 2. The van der Waals surface area contributed by atoms with E-state index in [1.165, 1.54) is 12.3 Å². The van der Waals surface area contributed by atoms with Crippen LogP contribution in [0.2, 0.25) is 0 Å². The van der Waals surface area contributed by atoms with Crippen LogP contribution in [0.25, 0.3) is 0 Å². The smallest absolute Gasteiger partial charge is 0.309 e. The number of nitrogen functional groups attached to an aromatic ring is 1. The van der Waals surface area contributed by atoms with E-state index in [1.807, 2.05) is 4.72 Å². The number of aryl methyl sites for hydroxylation is 1. The fraction of sp³-hybridized carbons (Fsp3) is 0.100. The Balaban J connectivity index is 2.49. The minimum absolute atomic E-state index is 0.199. The predicted octanol–water partition coefficient (Wildman–Crippen LogP) is 0.978. The predicted molar refractivity (Wildman–Crippen MR) is 73.0 cm³/mol. The van der Waals surface area contributed by atoms with Crippen molar-refractivity contribution in [1.29, 1.82) is 0 Å². The molecule has 0 saturated carbocycles. The van der Waals surface area contributed by atoms with Crippen molar-refractivity contribution in [3.63, 3.8) is 0 Å². The highest BCUT2D eigenvalue weighted by Crippen LogP contribution is 2.28. The molecule has 0 bridgehead atoms. The summed E-state index contributed by atoms with van der Waals surface area (Å²) in [5.74, 6) is 5.18. The largest absolute Gasteiger partial charge is 0.431 e. The zero-order valence-electron chi connectivity index (χ0n) is 10.7. The van der Waals surface area contributed by atoms with Crippen LogP contribution in [-0.2, 0) is 10.0 Å². The number of nitro groups is 1. The van der Waals surface area contributed by atoms with Crippen LogP contribution in [-0.4, -0.2) is 18.3 Å². The van der Waals surface area contributed by atoms with E-state index < -0.39 is 25.5 Å². The summed E-state index contributed by atoms with van der Waals surface area (Å²) in [5, 5.41) is 10.9. The molecule has 2 aromatic rings. The lowest BCUT2D eigenvalue weighted by atomic mass is 10.3. The van der Waals surface area contributed by atoms with Gasteiger partial charge in [0.2, 0.25) is 0 Å². The Morgan fingerprint density at radius 2 is 2.14 bits per heavy atom. The van der Waals surface area contributed by atoms with Crippen LogP contribution in [0.4, 0.5) is 17.4 Å². The van der Waals surface area contributed by atoms with E-state index in [0.717, 1.165) is 12.1 Å². The first kappa shape index (κ1) is 14.7. The minimum Gasteiger partial charge on any atom is -0.431 e. The van der Waals surface area contributed by atoms with Crippen molar-refractivity contribution in [1.82, 2.24) is 4.98 Å². The van der Waals surface area contributed by atoms with Crippen LogP contribution in [0.5, 0.6) is 0 Å². The number of nitrogens with one attached hydrogen (secondary N) is 2. The second kappa shape index (κ2) is 5.38. The van der Waals surface area contributed by atoms with Crippen LogP contribution in [0.15, 0.2) is 33.8 Å². The molecule has 21 heavy (non-hydrogen) atoms. The van der Waals surface area contributed by atoms with E-state index in [4.69, 9.17) is 10.3 Å². The molecule has 112 valence electrons. The first-order valence-corrected chi connectivity index (χ1v) is 7.02. The van der Waals surface area contributed by atoms with Gasteiger partial charge in [0.05, 0.1) is 16.3 Å². The summed E-state index contributed by atoms with van der Waals surface area (Å²) in [6, 6.07) is 3.07. The third kappa shape index (κ3) is 3.09. The molecule has 1 aromatic heterocycles. The van der Waals surface area contributed by atoms with Crippen molar-refractivity contribution in [2.24, 2.45) is 5.84 Å². The normalized spacial score (nSPS) is 11.1. The SMILES string of the molecule is Cc1coc(NS(=O)(=O)c2cc(NN)ccc2[N+](=O)[O-])n1. The molecular weight excluding hydrogens is 302 g/mol. The third-order valence-corrected chi connectivity index (χ3v) is 3.80. The van der Waals surface area contributed by atoms with Gasteiger partial charge in [-0.05, 0) is 19.1 Å². The average Bonchev–Trinajstić information content (AvgIpc) is 2.82. The van der Waals surface area contributed by atoms with Gasteiger partial charge in [0.25, 0.3) is 15.7 Å². The lowest BCUT2D eigenvalue weighted by molar-refractivity contribution is -0.387. The molecule has 10 nitrogen and oxygen atoms in total. The van der Waals surface area contributed by atoms with Crippen LogP contribution in [0, 0.1) is 17.0 Å². The molecule has 1 heterocycles. The molecule has 0 aliphatic carbocycles. The second-order valence-electron chi connectivity index (χ2n) is 3.98. The number of benzene rings is 1. The Morgan fingerprint density at radius 1 is 1.43 bits per heavy atom. The van der Waals surface area contributed by atoms with Crippen molar-refractivity contribution < 1.29 is 17.8 Å². The summed E-state index contributed by atoms with van der Waals surface area (Å²) in [5.41, 5.74) is 2.28. The molecule has 0 spiro atoms. The molecule has 0 amide bonds. The van der Waals surface area contributed by atoms with Gasteiger partial charge in [0.15, 0.2) is 4.90 Å². The molecule has 0 aliphatic heterocycles.